The number of phenols is 1. The van der Waals surface area contributed by atoms with Crippen molar-refractivity contribution in [3.63, 3.8) is 0 Å². The minimum Gasteiger partial charge on any atom is -0.506 e. The summed E-state index contributed by atoms with van der Waals surface area (Å²) in [6, 6.07) is 15.3. The first-order valence-electron chi connectivity index (χ1n) is 9.05. The number of hydrogen-bond donors (Lipinski definition) is 4. The monoisotopic (exact) mass is 457 g/mol. The third kappa shape index (κ3) is 4.99. The van der Waals surface area contributed by atoms with Crippen molar-refractivity contribution in [2.45, 2.75) is 0 Å². The van der Waals surface area contributed by atoms with Crippen LogP contribution in [0, 0.1) is 0 Å². The van der Waals surface area contributed by atoms with E-state index >= 15 is 0 Å². The zero-order valence-electron chi connectivity index (χ0n) is 16.7. The Labute approximate surface area is 189 Å². The Kier molecular flexibility index (Phi) is 6.84. The van der Waals surface area contributed by atoms with Crippen molar-refractivity contribution in [3.8, 4) is 28.4 Å². The first kappa shape index (κ1) is 22.2. The third-order valence-corrected chi connectivity index (χ3v) is 4.98. The molecule has 0 saturated carbocycles. The Hall–Kier alpha value is -3.49. The smallest absolute Gasteiger partial charge is 0.252 e. The number of nitrogens with two attached hydrogens (primary N) is 1. The molecule has 0 unspecified atom stereocenters. The molecule has 0 saturated heterocycles. The van der Waals surface area contributed by atoms with Gasteiger partial charge in [-0.3, -0.25) is 4.79 Å². The lowest BCUT2D eigenvalue weighted by atomic mass is 10.0. The van der Waals surface area contributed by atoms with Gasteiger partial charge in [0.25, 0.3) is 5.91 Å². The summed E-state index contributed by atoms with van der Waals surface area (Å²) in [5.41, 5.74) is 7.87. The van der Waals surface area contributed by atoms with Crippen LogP contribution >= 0.6 is 23.8 Å². The van der Waals surface area contributed by atoms with Gasteiger partial charge in [0.1, 0.15) is 17.2 Å². The molecule has 9 heteroatoms. The molecule has 0 aliphatic rings. The Morgan fingerprint density at radius 2 is 1.71 bits per heavy atom. The van der Waals surface area contributed by atoms with Crippen molar-refractivity contribution in [1.29, 1.82) is 0 Å². The van der Waals surface area contributed by atoms with Crippen LogP contribution in [0.2, 0.25) is 5.02 Å². The van der Waals surface area contributed by atoms with Gasteiger partial charge in [-0.15, -0.1) is 0 Å². The van der Waals surface area contributed by atoms with Crippen LogP contribution in [-0.2, 0) is 0 Å². The SMILES string of the molecule is COc1cc(OC)c(NC(=S)Nc2ccc(-c3cccc(C(N)=O)c3O)cc2)cc1Cl. The van der Waals surface area contributed by atoms with Gasteiger partial charge < -0.3 is 30.9 Å². The first-order valence-corrected chi connectivity index (χ1v) is 9.84. The van der Waals surface area contributed by atoms with E-state index < -0.39 is 5.91 Å². The molecule has 1 amide bonds. The second-order valence-electron chi connectivity index (χ2n) is 6.41. The number of benzene rings is 3. The summed E-state index contributed by atoms with van der Waals surface area (Å²) in [5, 5.41) is 17.2. The van der Waals surface area contributed by atoms with Gasteiger partial charge in [-0.2, -0.15) is 0 Å². The quantitative estimate of drug-likeness (QED) is 0.399. The van der Waals surface area contributed by atoms with E-state index in [0.29, 0.717) is 44.1 Å². The van der Waals surface area contributed by atoms with Gasteiger partial charge in [0, 0.05) is 17.3 Å². The van der Waals surface area contributed by atoms with Gasteiger partial charge in [0.05, 0.1) is 30.5 Å². The van der Waals surface area contributed by atoms with Crippen LogP contribution in [0.25, 0.3) is 11.1 Å². The summed E-state index contributed by atoms with van der Waals surface area (Å²) >= 11 is 11.6. The number of methoxy groups -OCH3 is 2. The second-order valence-corrected chi connectivity index (χ2v) is 7.22. The van der Waals surface area contributed by atoms with E-state index in [1.807, 2.05) is 0 Å². The van der Waals surface area contributed by atoms with Gasteiger partial charge in [0.2, 0.25) is 0 Å². The number of rotatable bonds is 6. The molecule has 0 atom stereocenters. The number of carbonyl (C=O) groups excluding carboxylic acids is 1. The Bertz CT molecular complexity index is 1140. The molecule has 0 radical (unpaired) electrons. The Balaban J connectivity index is 1.75. The molecule has 0 aliphatic carbocycles. The van der Waals surface area contributed by atoms with E-state index in [2.05, 4.69) is 10.6 Å². The average Bonchev–Trinajstić information content (AvgIpc) is 2.74. The molecule has 3 rings (SSSR count). The van der Waals surface area contributed by atoms with Gasteiger partial charge >= 0.3 is 0 Å². The number of hydrogen-bond acceptors (Lipinski definition) is 5. The fourth-order valence-corrected chi connectivity index (χ4v) is 3.42. The largest absolute Gasteiger partial charge is 0.506 e. The number of halogens is 1. The molecule has 31 heavy (non-hydrogen) atoms. The van der Waals surface area contributed by atoms with Gasteiger partial charge in [-0.05, 0) is 42.0 Å². The van der Waals surface area contributed by atoms with Crippen molar-refractivity contribution < 1.29 is 19.4 Å². The number of thiocarbonyl (C=S) groups is 1. The normalized spacial score (nSPS) is 10.3. The van der Waals surface area contributed by atoms with E-state index in [4.69, 9.17) is 39.0 Å². The maximum Gasteiger partial charge on any atom is 0.252 e. The molecule has 3 aromatic carbocycles. The highest BCUT2D eigenvalue weighted by Gasteiger charge is 2.14. The van der Waals surface area contributed by atoms with Crippen LogP contribution in [0.15, 0.2) is 54.6 Å². The Morgan fingerprint density at radius 3 is 2.32 bits per heavy atom. The van der Waals surface area contributed by atoms with Crippen molar-refractivity contribution in [3.05, 3.63) is 65.2 Å². The molecule has 7 nitrogen and oxygen atoms in total. The fourth-order valence-electron chi connectivity index (χ4n) is 2.95. The van der Waals surface area contributed by atoms with E-state index in [1.54, 1.807) is 48.5 Å². The number of nitrogens with one attached hydrogen (secondary N) is 2. The van der Waals surface area contributed by atoms with Crippen LogP contribution in [0.5, 0.6) is 17.2 Å². The number of amides is 1. The van der Waals surface area contributed by atoms with E-state index in [9.17, 15) is 9.90 Å². The zero-order valence-corrected chi connectivity index (χ0v) is 18.3. The molecule has 160 valence electrons. The van der Waals surface area contributed by atoms with Gasteiger partial charge in [0.15, 0.2) is 5.11 Å². The highest BCUT2D eigenvalue weighted by molar-refractivity contribution is 7.80. The second kappa shape index (κ2) is 9.55. The Morgan fingerprint density at radius 1 is 1.03 bits per heavy atom. The minimum atomic E-state index is -0.692. The van der Waals surface area contributed by atoms with Crippen molar-refractivity contribution in [1.82, 2.24) is 0 Å². The molecule has 0 bridgehead atoms. The molecule has 5 N–H and O–H groups in total. The molecular weight excluding hydrogens is 438 g/mol. The summed E-state index contributed by atoms with van der Waals surface area (Å²) in [6.07, 6.45) is 0. The minimum absolute atomic E-state index is 0.0668. The highest BCUT2D eigenvalue weighted by atomic mass is 35.5. The van der Waals surface area contributed by atoms with Crippen molar-refractivity contribution in [2.24, 2.45) is 5.73 Å². The van der Waals surface area contributed by atoms with Crippen LogP contribution < -0.4 is 25.8 Å². The number of anilines is 2. The van der Waals surface area contributed by atoms with Crippen LogP contribution in [0.4, 0.5) is 11.4 Å². The number of aromatic hydroxyl groups is 1. The lowest BCUT2D eigenvalue weighted by Gasteiger charge is -2.15. The van der Waals surface area contributed by atoms with Crippen molar-refractivity contribution >= 4 is 46.2 Å². The average molecular weight is 458 g/mol. The third-order valence-electron chi connectivity index (χ3n) is 4.48. The number of para-hydroxylation sites is 1. The maximum atomic E-state index is 11.4. The summed E-state index contributed by atoms with van der Waals surface area (Å²) in [5.74, 6) is 0.159. The maximum absolute atomic E-state index is 11.4. The number of carbonyl (C=O) groups is 1. The lowest BCUT2D eigenvalue weighted by Crippen LogP contribution is -2.19. The number of ether oxygens (including phenoxy) is 2. The van der Waals surface area contributed by atoms with E-state index in [1.165, 1.54) is 20.3 Å². The lowest BCUT2D eigenvalue weighted by molar-refractivity contribution is 0.0998. The van der Waals surface area contributed by atoms with E-state index in [-0.39, 0.29) is 11.3 Å². The van der Waals surface area contributed by atoms with Crippen LogP contribution in [0.3, 0.4) is 0 Å². The summed E-state index contributed by atoms with van der Waals surface area (Å²) in [6.45, 7) is 0. The number of primary amides is 1. The molecule has 0 heterocycles. The first-order chi connectivity index (χ1) is 14.8. The fraction of sp³-hybridized carbons (Fsp3) is 0.0909. The summed E-state index contributed by atoms with van der Waals surface area (Å²) < 4.78 is 10.5. The predicted molar refractivity (Wildman–Crippen MR) is 126 cm³/mol. The highest BCUT2D eigenvalue weighted by Crippen LogP contribution is 2.36. The van der Waals surface area contributed by atoms with Crippen LogP contribution in [0.1, 0.15) is 10.4 Å². The summed E-state index contributed by atoms with van der Waals surface area (Å²) in [7, 11) is 3.05. The predicted octanol–water partition coefficient (Wildman–Crippen LogP) is 4.64. The molecule has 0 aliphatic heterocycles. The zero-order chi connectivity index (χ0) is 22.5. The van der Waals surface area contributed by atoms with Gasteiger partial charge in [-0.1, -0.05) is 35.9 Å². The topological polar surface area (TPSA) is 106 Å². The molecule has 0 fully saturated rings. The van der Waals surface area contributed by atoms with E-state index in [0.717, 1.165) is 0 Å². The molecule has 0 spiro atoms. The van der Waals surface area contributed by atoms with Crippen molar-refractivity contribution in [2.75, 3.05) is 24.9 Å². The summed E-state index contributed by atoms with van der Waals surface area (Å²) in [4.78, 5) is 11.4. The van der Waals surface area contributed by atoms with Gasteiger partial charge in [-0.25, -0.2) is 0 Å². The van der Waals surface area contributed by atoms with Crippen LogP contribution in [-0.4, -0.2) is 30.3 Å². The molecule has 0 aromatic heterocycles. The molecular formula is C22H20ClN3O4S. The standard InChI is InChI=1S/C22H20ClN3O4S/c1-29-18-11-19(30-2)17(10-16(18)23)26-22(31)25-13-8-6-12(7-9-13)14-4-3-5-15(20(14)27)21(24)28/h3-11,27H,1-2H3,(H2,24,28)(H2,25,26,31). The molecule has 3 aromatic rings.